The summed E-state index contributed by atoms with van der Waals surface area (Å²) in [6.45, 7) is 7.52. The second kappa shape index (κ2) is 14.2. The van der Waals surface area contributed by atoms with Crippen molar-refractivity contribution in [3.8, 4) is 0 Å². The maximum absolute atomic E-state index is 12.1. The van der Waals surface area contributed by atoms with Gasteiger partial charge in [-0.05, 0) is 103 Å². The van der Waals surface area contributed by atoms with Crippen molar-refractivity contribution < 1.29 is 33.9 Å². The quantitative estimate of drug-likeness (QED) is 0.460. The van der Waals surface area contributed by atoms with Crippen LogP contribution in [0.25, 0.3) is 0 Å². The Bertz CT molecular complexity index is 1080. The Labute approximate surface area is 235 Å². The van der Waals surface area contributed by atoms with Crippen molar-refractivity contribution in [2.24, 2.45) is 0 Å². The van der Waals surface area contributed by atoms with Gasteiger partial charge in [-0.2, -0.15) is 0 Å². The molecule has 0 spiro atoms. The van der Waals surface area contributed by atoms with Gasteiger partial charge in [0.25, 0.3) is 0 Å². The number of benzene rings is 2. The van der Waals surface area contributed by atoms with Gasteiger partial charge in [0.15, 0.2) is 0 Å². The van der Waals surface area contributed by atoms with E-state index in [4.69, 9.17) is 0 Å². The summed E-state index contributed by atoms with van der Waals surface area (Å²) in [5.41, 5.74) is 2.08. The topological polar surface area (TPSA) is 92.3 Å². The van der Waals surface area contributed by atoms with E-state index in [-0.39, 0.29) is 29.2 Å². The maximum atomic E-state index is 12.1. The van der Waals surface area contributed by atoms with Gasteiger partial charge in [-0.25, -0.2) is 26.3 Å². The van der Waals surface area contributed by atoms with E-state index in [9.17, 15) is 16.8 Å². The van der Waals surface area contributed by atoms with E-state index in [2.05, 4.69) is 9.44 Å². The van der Waals surface area contributed by atoms with Gasteiger partial charge >= 0.3 is 17.1 Å². The fourth-order valence-electron chi connectivity index (χ4n) is 3.53. The van der Waals surface area contributed by atoms with Crippen LogP contribution in [0, 0.1) is 77.0 Å². The third-order valence-corrected chi connectivity index (χ3v) is 8.82. The van der Waals surface area contributed by atoms with E-state index >= 15 is 0 Å². The van der Waals surface area contributed by atoms with E-state index in [1.165, 1.54) is 0 Å². The van der Waals surface area contributed by atoms with Crippen LogP contribution in [-0.2, 0) is 37.1 Å². The van der Waals surface area contributed by atoms with Crippen LogP contribution in [0.15, 0.2) is 58.3 Å². The first-order chi connectivity index (χ1) is 17.0. The standard InChI is InChI=1S/2C14H16NO2S.Fe/c2*1-11-7-9-14(10-8-11)18(16,17)15-12(2)13-5-3-4-6-13;/h2*3-10,12,15H,1-2H3;/q;;+2/t2*12-;/m11./s1. The van der Waals surface area contributed by atoms with E-state index in [0.717, 1.165) is 23.0 Å². The van der Waals surface area contributed by atoms with Crippen LogP contribution in [0.1, 0.15) is 25.0 Å². The van der Waals surface area contributed by atoms with Crippen LogP contribution >= 0.6 is 0 Å². The van der Waals surface area contributed by atoms with Gasteiger partial charge < -0.3 is 0 Å². The van der Waals surface area contributed by atoms with Crippen molar-refractivity contribution in [3.63, 3.8) is 0 Å². The molecule has 2 aliphatic carbocycles. The minimum absolute atomic E-state index is 0. The minimum Gasteiger partial charge on any atom is -0.208 e. The molecule has 2 saturated carbocycles. The molecular formula is C28H32FeN2O4S2+2. The van der Waals surface area contributed by atoms with Crippen molar-refractivity contribution in [3.05, 3.63) is 123 Å². The monoisotopic (exact) mass is 580 g/mol. The molecule has 6 nitrogen and oxygen atoms in total. The van der Waals surface area contributed by atoms with Crippen molar-refractivity contribution in [1.82, 2.24) is 9.44 Å². The van der Waals surface area contributed by atoms with E-state index in [0.29, 0.717) is 9.79 Å². The van der Waals surface area contributed by atoms with Gasteiger partial charge in [-0.15, -0.1) is 0 Å². The van der Waals surface area contributed by atoms with Crippen molar-refractivity contribution in [1.29, 1.82) is 0 Å². The molecule has 4 rings (SSSR count). The average Bonchev–Trinajstić information content (AvgIpc) is 3.54. The van der Waals surface area contributed by atoms with Crippen LogP contribution in [0.4, 0.5) is 0 Å². The number of aryl methyl sites for hydroxylation is 2. The fraction of sp³-hybridized carbons (Fsp3) is 0.214. The van der Waals surface area contributed by atoms with Gasteiger partial charge in [-0.3, -0.25) is 0 Å². The SMILES string of the molecule is Cc1ccc(S(=O)(=O)N[C@H](C)[C]2[CH][CH][CH][CH]2)cc1.Cc1ccc(S(=O)(=O)N[C@H](C)[C]2[CH][CH][CH][CH]2)cc1.[Fe+2]. The Morgan fingerprint density at radius 3 is 1.08 bits per heavy atom. The number of rotatable bonds is 8. The molecule has 0 bridgehead atoms. The molecule has 37 heavy (non-hydrogen) atoms. The third-order valence-electron chi connectivity index (χ3n) is 5.70. The normalized spacial score (nSPS) is 18.5. The molecule has 0 heterocycles. The van der Waals surface area contributed by atoms with Crippen molar-refractivity contribution in [2.75, 3.05) is 0 Å². The third kappa shape index (κ3) is 9.48. The number of hydrogen-bond donors (Lipinski definition) is 2. The number of sulfonamides is 2. The molecule has 0 amide bonds. The summed E-state index contributed by atoms with van der Waals surface area (Å²) >= 11 is 0. The average molecular weight is 581 g/mol. The van der Waals surface area contributed by atoms with Crippen LogP contribution in [-0.4, -0.2) is 28.9 Å². The Kier molecular flexibility index (Phi) is 12.3. The Hall–Kier alpha value is -1.22. The molecular weight excluding hydrogens is 548 g/mol. The first-order valence-corrected chi connectivity index (χ1v) is 14.6. The van der Waals surface area contributed by atoms with Crippen LogP contribution in [0.3, 0.4) is 0 Å². The zero-order valence-electron chi connectivity index (χ0n) is 21.2. The first-order valence-electron chi connectivity index (χ1n) is 11.6. The predicted molar refractivity (Wildman–Crippen MR) is 143 cm³/mol. The zero-order valence-corrected chi connectivity index (χ0v) is 23.9. The number of hydrogen-bond acceptors (Lipinski definition) is 4. The summed E-state index contributed by atoms with van der Waals surface area (Å²) in [4.78, 5) is 0.595. The van der Waals surface area contributed by atoms with Gasteiger partial charge in [0, 0.05) is 23.9 Å². The van der Waals surface area contributed by atoms with Crippen LogP contribution < -0.4 is 9.44 Å². The van der Waals surface area contributed by atoms with E-state index < -0.39 is 20.0 Å². The Balaban J connectivity index is 0.000000253. The molecule has 9 heteroatoms. The zero-order chi connectivity index (χ0) is 26.3. The fourth-order valence-corrected chi connectivity index (χ4v) is 5.99. The van der Waals surface area contributed by atoms with E-state index in [1.807, 2.05) is 79.1 Å². The molecule has 2 aliphatic rings. The summed E-state index contributed by atoms with van der Waals surface area (Å²) < 4.78 is 53.9. The predicted octanol–water partition coefficient (Wildman–Crippen LogP) is 4.13. The molecule has 0 saturated heterocycles. The molecule has 2 atom stereocenters. The molecule has 10 radical (unpaired) electrons. The van der Waals surface area contributed by atoms with Gasteiger partial charge in [0.05, 0.1) is 9.79 Å². The smallest absolute Gasteiger partial charge is 0.208 e. The second-order valence-corrected chi connectivity index (χ2v) is 12.2. The maximum Gasteiger partial charge on any atom is 2.00 e. The molecule has 0 aromatic heterocycles. The Morgan fingerprint density at radius 2 is 0.811 bits per heavy atom. The summed E-state index contributed by atoms with van der Waals surface area (Å²) in [7, 11) is -6.90. The largest absolute Gasteiger partial charge is 2.00 e. The molecule has 0 unspecified atom stereocenters. The first kappa shape index (κ1) is 32.0. The minimum atomic E-state index is -3.45. The molecule has 2 N–H and O–H groups in total. The molecule has 196 valence electrons. The molecule has 2 aromatic rings. The van der Waals surface area contributed by atoms with Gasteiger partial charge in [0.1, 0.15) is 0 Å². The second-order valence-electron chi connectivity index (χ2n) is 8.75. The molecule has 2 fully saturated rings. The van der Waals surface area contributed by atoms with Crippen molar-refractivity contribution in [2.45, 2.75) is 49.6 Å². The molecule has 0 aliphatic heterocycles. The summed E-state index contributed by atoms with van der Waals surface area (Å²) in [6, 6.07) is 13.2. The number of nitrogens with one attached hydrogen (secondary N) is 2. The summed E-state index contributed by atoms with van der Waals surface area (Å²) in [5, 5.41) is 0. The summed E-state index contributed by atoms with van der Waals surface area (Å²) in [6.07, 6.45) is 15.2. The van der Waals surface area contributed by atoms with Gasteiger partial charge in [0.2, 0.25) is 20.0 Å². The summed E-state index contributed by atoms with van der Waals surface area (Å²) in [5.74, 6) is 1.93. The van der Waals surface area contributed by atoms with Gasteiger partial charge in [-0.1, -0.05) is 35.4 Å². The van der Waals surface area contributed by atoms with E-state index in [1.54, 1.807) is 48.5 Å². The Morgan fingerprint density at radius 1 is 0.541 bits per heavy atom. The van der Waals surface area contributed by atoms with Crippen LogP contribution in [0.5, 0.6) is 0 Å². The van der Waals surface area contributed by atoms with Crippen LogP contribution in [0.2, 0.25) is 0 Å². The van der Waals surface area contributed by atoms with Crippen molar-refractivity contribution >= 4 is 20.0 Å². The molecule has 2 aromatic carbocycles.